The predicted molar refractivity (Wildman–Crippen MR) is 80.0 cm³/mol. The first-order valence-corrected chi connectivity index (χ1v) is 7.42. The zero-order chi connectivity index (χ0) is 14.1. The van der Waals surface area contributed by atoms with Gasteiger partial charge in [0.2, 0.25) is 0 Å². The highest BCUT2D eigenvalue weighted by atomic mass is 35.5. The first-order chi connectivity index (χ1) is 9.74. The standard InChI is InChI=1S/C13H11ClN4OS/c1-19-9-5-3-8(4-6-9)18-12-10(13(17-18)20-2)11(14)15-7-16-12/h3-7H,1-2H3. The molecule has 3 rings (SSSR count). The summed E-state index contributed by atoms with van der Waals surface area (Å²) in [6.07, 6.45) is 3.39. The predicted octanol–water partition coefficient (Wildman–Crippen LogP) is 3.20. The summed E-state index contributed by atoms with van der Waals surface area (Å²) in [7, 11) is 1.64. The van der Waals surface area contributed by atoms with E-state index in [0.29, 0.717) is 10.8 Å². The maximum Gasteiger partial charge on any atom is 0.168 e. The van der Waals surface area contributed by atoms with Crippen molar-refractivity contribution in [2.24, 2.45) is 0 Å². The van der Waals surface area contributed by atoms with Crippen LogP contribution in [-0.4, -0.2) is 33.1 Å². The first kappa shape index (κ1) is 13.2. The molecule has 0 N–H and O–H groups in total. The Morgan fingerprint density at radius 2 is 1.95 bits per heavy atom. The molecule has 102 valence electrons. The number of hydrogen-bond acceptors (Lipinski definition) is 5. The summed E-state index contributed by atoms with van der Waals surface area (Å²) < 4.78 is 6.92. The SMILES string of the molecule is COc1ccc(-n2nc(SC)c3c(Cl)ncnc32)cc1. The minimum Gasteiger partial charge on any atom is -0.497 e. The van der Waals surface area contributed by atoms with Gasteiger partial charge in [-0.15, -0.1) is 11.8 Å². The maximum atomic E-state index is 6.15. The van der Waals surface area contributed by atoms with Crippen molar-refractivity contribution in [3.63, 3.8) is 0 Å². The number of ether oxygens (including phenoxy) is 1. The summed E-state index contributed by atoms with van der Waals surface area (Å²) in [5.74, 6) is 0.794. The van der Waals surface area contributed by atoms with E-state index < -0.39 is 0 Å². The largest absolute Gasteiger partial charge is 0.497 e. The molecule has 0 saturated heterocycles. The minimum atomic E-state index is 0.416. The van der Waals surface area contributed by atoms with Crippen LogP contribution in [0.2, 0.25) is 5.15 Å². The van der Waals surface area contributed by atoms with Crippen LogP contribution in [0, 0.1) is 0 Å². The lowest BCUT2D eigenvalue weighted by Crippen LogP contribution is -1.98. The molecule has 1 aromatic carbocycles. The van der Waals surface area contributed by atoms with Gasteiger partial charge in [-0.2, -0.15) is 5.10 Å². The average molecular weight is 307 g/mol. The Morgan fingerprint density at radius 1 is 1.20 bits per heavy atom. The minimum absolute atomic E-state index is 0.416. The molecule has 20 heavy (non-hydrogen) atoms. The molecule has 0 aliphatic carbocycles. The summed E-state index contributed by atoms with van der Waals surface area (Å²) in [6.45, 7) is 0. The normalized spacial score (nSPS) is 10.9. The Kier molecular flexibility index (Phi) is 3.50. The van der Waals surface area contributed by atoms with E-state index in [-0.39, 0.29) is 0 Å². The van der Waals surface area contributed by atoms with Crippen molar-refractivity contribution < 1.29 is 4.74 Å². The summed E-state index contributed by atoms with van der Waals surface area (Å²) >= 11 is 7.67. The molecule has 0 amide bonds. The third-order valence-electron chi connectivity index (χ3n) is 2.90. The van der Waals surface area contributed by atoms with E-state index in [9.17, 15) is 0 Å². The summed E-state index contributed by atoms with van der Waals surface area (Å²) in [4.78, 5) is 8.31. The van der Waals surface area contributed by atoms with Gasteiger partial charge in [-0.05, 0) is 30.5 Å². The van der Waals surface area contributed by atoms with Crippen LogP contribution in [0.25, 0.3) is 16.7 Å². The second-order valence-electron chi connectivity index (χ2n) is 3.98. The molecule has 0 aliphatic heterocycles. The molecular formula is C13H11ClN4OS. The number of fused-ring (bicyclic) bond motifs is 1. The van der Waals surface area contributed by atoms with Gasteiger partial charge in [-0.3, -0.25) is 0 Å². The van der Waals surface area contributed by atoms with Crippen molar-refractivity contribution in [1.82, 2.24) is 19.7 Å². The Morgan fingerprint density at radius 3 is 2.60 bits per heavy atom. The topological polar surface area (TPSA) is 52.8 Å². The van der Waals surface area contributed by atoms with Crippen molar-refractivity contribution in [2.45, 2.75) is 5.03 Å². The highest BCUT2D eigenvalue weighted by Crippen LogP contribution is 2.30. The van der Waals surface area contributed by atoms with E-state index in [1.165, 1.54) is 18.1 Å². The van der Waals surface area contributed by atoms with Gasteiger partial charge in [-0.1, -0.05) is 11.6 Å². The van der Waals surface area contributed by atoms with E-state index in [4.69, 9.17) is 16.3 Å². The van der Waals surface area contributed by atoms with Crippen LogP contribution < -0.4 is 4.74 Å². The molecule has 5 nitrogen and oxygen atoms in total. The molecule has 2 aromatic heterocycles. The van der Waals surface area contributed by atoms with Crippen LogP contribution in [0.4, 0.5) is 0 Å². The number of benzene rings is 1. The van der Waals surface area contributed by atoms with Gasteiger partial charge >= 0.3 is 0 Å². The Balaban J connectivity index is 2.22. The van der Waals surface area contributed by atoms with E-state index in [1.807, 2.05) is 30.5 Å². The van der Waals surface area contributed by atoms with Crippen LogP contribution in [0.3, 0.4) is 0 Å². The number of halogens is 1. The lowest BCUT2D eigenvalue weighted by Gasteiger charge is -2.04. The number of thioether (sulfide) groups is 1. The molecule has 0 atom stereocenters. The van der Waals surface area contributed by atoms with Crippen molar-refractivity contribution in [3.8, 4) is 11.4 Å². The van der Waals surface area contributed by atoms with E-state index in [1.54, 1.807) is 11.8 Å². The maximum absolute atomic E-state index is 6.15. The molecule has 0 aliphatic rings. The number of hydrogen-bond donors (Lipinski definition) is 0. The molecule has 2 heterocycles. The Bertz CT molecular complexity index is 757. The fraction of sp³-hybridized carbons (Fsp3) is 0.154. The lowest BCUT2D eigenvalue weighted by atomic mass is 10.3. The van der Waals surface area contributed by atoms with Gasteiger partial charge in [-0.25, -0.2) is 14.6 Å². The smallest absolute Gasteiger partial charge is 0.168 e. The molecule has 0 spiro atoms. The highest BCUT2D eigenvalue weighted by molar-refractivity contribution is 7.98. The van der Waals surface area contributed by atoms with Gasteiger partial charge in [0.15, 0.2) is 5.65 Å². The average Bonchev–Trinajstić information content (AvgIpc) is 2.87. The van der Waals surface area contributed by atoms with Crippen LogP contribution >= 0.6 is 23.4 Å². The summed E-state index contributed by atoms with van der Waals surface area (Å²) in [5.41, 5.74) is 1.59. The quantitative estimate of drug-likeness (QED) is 0.549. The van der Waals surface area contributed by atoms with E-state index in [0.717, 1.165) is 21.8 Å². The van der Waals surface area contributed by atoms with Gasteiger partial charge in [0.25, 0.3) is 0 Å². The zero-order valence-corrected chi connectivity index (χ0v) is 12.4. The second kappa shape index (κ2) is 5.30. The Labute approximate surface area is 124 Å². The third-order valence-corrected chi connectivity index (χ3v) is 3.86. The summed E-state index contributed by atoms with van der Waals surface area (Å²) in [5, 5.41) is 6.54. The van der Waals surface area contributed by atoms with E-state index >= 15 is 0 Å². The van der Waals surface area contributed by atoms with Crippen molar-refractivity contribution in [2.75, 3.05) is 13.4 Å². The van der Waals surface area contributed by atoms with Gasteiger partial charge < -0.3 is 4.74 Å². The number of methoxy groups -OCH3 is 1. The Hall–Kier alpha value is -1.79. The molecule has 0 bridgehead atoms. The summed E-state index contributed by atoms with van der Waals surface area (Å²) in [6, 6.07) is 7.60. The molecule has 3 aromatic rings. The van der Waals surface area contributed by atoms with Crippen LogP contribution in [-0.2, 0) is 0 Å². The second-order valence-corrected chi connectivity index (χ2v) is 5.14. The molecule has 0 fully saturated rings. The molecular weight excluding hydrogens is 296 g/mol. The van der Waals surface area contributed by atoms with Crippen LogP contribution in [0.5, 0.6) is 5.75 Å². The van der Waals surface area contributed by atoms with Crippen molar-refractivity contribution >= 4 is 34.4 Å². The fourth-order valence-electron chi connectivity index (χ4n) is 1.93. The van der Waals surface area contributed by atoms with Gasteiger partial charge in [0, 0.05) is 0 Å². The lowest BCUT2D eigenvalue weighted by molar-refractivity contribution is 0.414. The van der Waals surface area contributed by atoms with Crippen molar-refractivity contribution in [3.05, 3.63) is 35.7 Å². The monoisotopic (exact) mass is 306 g/mol. The number of rotatable bonds is 3. The van der Waals surface area contributed by atoms with Gasteiger partial charge in [0.1, 0.15) is 22.3 Å². The van der Waals surface area contributed by atoms with Crippen LogP contribution in [0.15, 0.2) is 35.6 Å². The number of aromatic nitrogens is 4. The van der Waals surface area contributed by atoms with Gasteiger partial charge in [0.05, 0.1) is 18.2 Å². The van der Waals surface area contributed by atoms with Crippen molar-refractivity contribution in [1.29, 1.82) is 0 Å². The highest BCUT2D eigenvalue weighted by Gasteiger charge is 2.16. The van der Waals surface area contributed by atoms with Crippen LogP contribution in [0.1, 0.15) is 0 Å². The zero-order valence-electron chi connectivity index (χ0n) is 10.9. The first-order valence-electron chi connectivity index (χ1n) is 5.82. The third kappa shape index (κ3) is 2.10. The number of nitrogens with zero attached hydrogens (tertiary/aromatic N) is 4. The molecule has 0 radical (unpaired) electrons. The molecule has 0 saturated carbocycles. The molecule has 7 heteroatoms. The van der Waals surface area contributed by atoms with E-state index in [2.05, 4.69) is 15.1 Å². The fourth-order valence-corrected chi connectivity index (χ4v) is 2.76. The molecule has 0 unspecified atom stereocenters.